The third kappa shape index (κ3) is 4.68. The summed E-state index contributed by atoms with van der Waals surface area (Å²) in [6.45, 7) is 8.97. The van der Waals surface area contributed by atoms with Crippen LogP contribution in [0.5, 0.6) is 0 Å². The Morgan fingerprint density at radius 3 is 2.52 bits per heavy atom. The van der Waals surface area contributed by atoms with Gasteiger partial charge in [0, 0.05) is 18.3 Å². The Kier molecular flexibility index (Phi) is 6.12. The van der Waals surface area contributed by atoms with Crippen LogP contribution in [-0.4, -0.2) is 27.6 Å². The fourth-order valence-corrected chi connectivity index (χ4v) is 2.30. The van der Waals surface area contributed by atoms with E-state index in [4.69, 9.17) is 0 Å². The summed E-state index contributed by atoms with van der Waals surface area (Å²) >= 11 is 0. The Labute approximate surface area is 136 Å². The van der Waals surface area contributed by atoms with Crippen molar-refractivity contribution in [3.05, 3.63) is 34.2 Å². The Morgan fingerprint density at radius 1 is 1.39 bits per heavy atom. The van der Waals surface area contributed by atoms with Gasteiger partial charge in [0.25, 0.3) is 5.56 Å². The minimum atomic E-state index is -1.05. The average molecular weight is 322 g/mol. The maximum Gasteiger partial charge on any atom is 0.326 e. The molecule has 0 aliphatic carbocycles. The zero-order valence-corrected chi connectivity index (χ0v) is 14.4. The van der Waals surface area contributed by atoms with E-state index >= 15 is 0 Å². The molecule has 6 heteroatoms. The van der Waals surface area contributed by atoms with Crippen molar-refractivity contribution in [1.82, 2.24) is 9.88 Å². The second-order valence-electron chi connectivity index (χ2n) is 6.68. The van der Waals surface area contributed by atoms with Crippen molar-refractivity contribution in [3.63, 3.8) is 0 Å². The number of rotatable bonds is 7. The molecule has 0 spiro atoms. The first kappa shape index (κ1) is 18.9. The van der Waals surface area contributed by atoms with Crippen LogP contribution in [0.3, 0.4) is 0 Å². The quantitative estimate of drug-likeness (QED) is 0.801. The van der Waals surface area contributed by atoms with Gasteiger partial charge in [-0.05, 0) is 32.8 Å². The van der Waals surface area contributed by atoms with Crippen molar-refractivity contribution in [1.29, 1.82) is 0 Å². The summed E-state index contributed by atoms with van der Waals surface area (Å²) in [5.74, 6) is -1.59. The molecule has 23 heavy (non-hydrogen) atoms. The van der Waals surface area contributed by atoms with Crippen LogP contribution in [0.25, 0.3) is 0 Å². The normalized spacial score (nSPS) is 14.1. The highest BCUT2D eigenvalue weighted by Gasteiger charge is 2.33. The molecule has 0 saturated heterocycles. The molecule has 0 aliphatic rings. The molecule has 0 fully saturated rings. The molecule has 1 aromatic heterocycles. The lowest BCUT2D eigenvalue weighted by atomic mass is 9.90. The molecular formula is C17H26N2O4. The smallest absolute Gasteiger partial charge is 0.326 e. The van der Waals surface area contributed by atoms with Crippen LogP contribution in [0.15, 0.2) is 23.1 Å². The number of amides is 1. The third-order valence-corrected chi connectivity index (χ3v) is 4.16. The van der Waals surface area contributed by atoms with Crippen LogP contribution in [0, 0.1) is 18.3 Å². The first-order valence-electron chi connectivity index (χ1n) is 7.80. The fraction of sp³-hybridized carbons (Fsp3) is 0.588. The molecule has 6 nitrogen and oxygen atoms in total. The van der Waals surface area contributed by atoms with Gasteiger partial charge in [0.2, 0.25) is 5.91 Å². The minimum absolute atomic E-state index is 0.148. The topological polar surface area (TPSA) is 88.4 Å². The van der Waals surface area contributed by atoms with Crippen LogP contribution in [0.4, 0.5) is 0 Å². The average Bonchev–Trinajstić information content (AvgIpc) is 2.47. The van der Waals surface area contributed by atoms with Crippen molar-refractivity contribution in [2.75, 3.05) is 0 Å². The van der Waals surface area contributed by atoms with Crippen molar-refractivity contribution in [2.24, 2.45) is 11.3 Å². The van der Waals surface area contributed by atoms with Crippen molar-refractivity contribution in [2.45, 2.75) is 53.6 Å². The van der Waals surface area contributed by atoms with E-state index in [-0.39, 0.29) is 23.9 Å². The van der Waals surface area contributed by atoms with Crippen LogP contribution in [0.2, 0.25) is 0 Å². The Hall–Kier alpha value is -2.11. The predicted octanol–water partition coefficient (Wildman–Crippen LogP) is 1.80. The van der Waals surface area contributed by atoms with Gasteiger partial charge in [0.1, 0.15) is 6.04 Å². The highest BCUT2D eigenvalue weighted by Crippen LogP contribution is 2.19. The highest BCUT2D eigenvalue weighted by molar-refractivity contribution is 5.87. The minimum Gasteiger partial charge on any atom is -0.480 e. The number of hydrogen-bond donors (Lipinski definition) is 2. The van der Waals surface area contributed by atoms with Crippen molar-refractivity contribution in [3.8, 4) is 0 Å². The maximum absolute atomic E-state index is 12.5. The summed E-state index contributed by atoms with van der Waals surface area (Å²) in [4.78, 5) is 36.0. The summed E-state index contributed by atoms with van der Waals surface area (Å²) < 4.78 is 1.48. The molecule has 0 aliphatic heterocycles. The van der Waals surface area contributed by atoms with Gasteiger partial charge in [-0.1, -0.05) is 26.3 Å². The van der Waals surface area contributed by atoms with Gasteiger partial charge >= 0.3 is 5.97 Å². The van der Waals surface area contributed by atoms with Crippen molar-refractivity contribution < 1.29 is 14.7 Å². The molecule has 1 rings (SSSR count). The number of nitrogens with one attached hydrogen (secondary N) is 1. The number of carboxylic acid groups (broad SMARTS) is 1. The van der Waals surface area contributed by atoms with Gasteiger partial charge in [-0.15, -0.1) is 0 Å². The zero-order valence-electron chi connectivity index (χ0n) is 14.4. The molecule has 2 N–H and O–H groups in total. The number of hydrogen-bond acceptors (Lipinski definition) is 3. The SMILES string of the molecule is CCC(C)C(NC(=O)C(C)(C)Cn1cccc(C)c1=O)C(=O)O. The van der Waals surface area contributed by atoms with E-state index in [2.05, 4.69) is 5.32 Å². The molecule has 1 aromatic rings. The molecule has 2 atom stereocenters. The van der Waals surface area contributed by atoms with Gasteiger partial charge < -0.3 is 15.0 Å². The maximum atomic E-state index is 12.5. The first-order chi connectivity index (χ1) is 10.6. The number of carbonyl (C=O) groups is 2. The summed E-state index contributed by atoms with van der Waals surface area (Å²) in [6.07, 6.45) is 2.28. The van der Waals surface area contributed by atoms with E-state index in [1.165, 1.54) is 4.57 Å². The van der Waals surface area contributed by atoms with Gasteiger partial charge in [0.05, 0.1) is 5.41 Å². The molecule has 128 valence electrons. The summed E-state index contributed by atoms with van der Waals surface area (Å²) in [5, 5.41) is 11.9. The summed E-state index contributed by atoms with van der Waals surface area (Å²) in [6, 6.07) is 2.54. The van der Waals surface area contributed by atoms with Crippen LogP contribution >= 0.6 is 0 Å². The summed E-state index contributed by atoms with van der Waals surface area (Å²) in [7, 11) is 0. The van der Waals surface area contributed by atoms with Crippen LogP contribution in [-0.2, 0) is 16.1 Å². The first-order valence-corrected chi connectivity index (χ1v) is 7.80. The predicted molar refractivity (Wildman–Crippen MR) is 88.2 cm³/mol. The van der Waals surface area contributed by atoms with E-state index in [0.29, 0.717) is 12.0 Å². The van der Waals surface area contributed by atoms with Crippen LogP contribution < -0.4 is 10.9 Å². The van der Waals surface area contributed by atoms with E-state index in [0.717, 1.165) is 0 Å². The lowest BCUT2D eigenvalue weighted by molar-refractivity contribution is -0.145. The Morgan fingerprint density at radius 2 is 2.00 bits per heavy atom. The van der Waals surface area contributed by atoms with Gasteiger partial charge in [-0.3, -0.25) is 9.59 Å². The lowest BCUT2D eigenvalue weighted by Crippen LogP contribution is -2.51. The second kappa shape index (κ2) is 7.44. The van der Waals surface area contributed by atoms with Gasteiger partial charge in [-0.25, -0.2) is 4.79 Å². The van der Waals surface area contributed by atoms with Crippen molar-refractivity contribution >= 4 is 11.9 Å². The highest BCUT2D eigenvalue weighted by atomic mass is 16.4. The standard InChI is InChI=1S/C17H26N2O4/c1-6-11(2)13(15(21)22)18-16(23)17(4,5)10-19-9-7-8-12(3)14(19)20/h7-9,11,13H,6,10H2,1-5H3,(H,18,23)(H,21,22). The number of carbonyl (C=O) groups excluding carboxylic acids is 1. The molecule has 0 saturated carbocycles. The molecule has 0 radical (unpaired) electrons. The number of aliphatic carboxylic acids is 1. The van der Waals surface area contributed by atoms with E-state index < -0.39 is 17.4 Å². The number of aryl methyl sites for hydroxylation is 1. The van der Waals surface area contributed by atoms with Gasteiger partial charge in [0.15, 0.2) is 0 Å². The molecule has 2 unspecified atom stereocenters. The number of pyridine rings is 1. The number of carboxylic acids is 1. The Balaban J connectivity index is 2.94. The molecule has 0 aromatic carbocycles. The van der Waals surface area contributed by atoms with E-state index in [1.54, 1.807) is 46.0 Å². The number of aromatic nitrogens is 1. The van der Waals surface area contributed by atoms with Crippen LogP contribution in [0.1, 0.15) is 39.7 Å². The van der Waals surface area contributed by atoms with E-state index in [1.807, 2.05) is 6.92 Å². The molecule has 1 amide bonds. The van der Waals surface area contributed by atoms with E-state index in [9.17, 15) is 19.5 Å². The summed E-state index contributed by atoms with van der Waals surface area (Å²) in [5.41, 5.74) is -0.449. The molecule has 0 bridgehead atoms. The van der Waals surface area contributed by atoms with Gasteiger partial charge in [-0.2, -0.15) is 0 Å². The fourth-order valence-electron chi connectivity index (χ4n) is 2.30. The second-order valence-corrected chi connectivity index (χ2v) is 6.68. The third-order valence-electron chi connectivity index (χ3n) is 4.16. The molecule has 1 heterocycles. The largest absolute Gasteiger partial charge is 0.480 e. The monoisotopic (exact) mass is 322 g/mol. The zero-order chi connectivity index (χ0) is 17.8. The Bertz CT molecular complexity index is 634. The molecular weight excluding hydrogens is 296 g/mol. The lowest BCUT2D eigenvalue weighted by Gasteiger charge is -2.28. The number of nitrogens with zero attached hydrogens (tertiary/aromatic N) is 1.